The summed E-state index contributed by atoms with van der Waals surface area (Å²) in [6, 6.07) is 5.79. The van der Waals surface area contributed by atoms with Crippen molar-refractivity contribution in [2.75, 3.05) is 31.1 Å². The predicted octanol–water partition coefficient (Wildman–Crippen LogP) is 2.34. The molecule has 0 radical (unpaired) electrons. The number of nitrogens with zero attached hydrogens (tertiary/aromatic N) is 6. The molecular formula is C17H19ClN6. The van der Waals surface area contributed by atoms with Gasteiger partial charge in [-0.25, -0.2) is 15.0 Å². The summed E-state index contributed by atoms with van der Waals surface area (Å²) in [6.07, 6.45) is 5.46. The Hall–Kier alpha value is -2.18. The number of fused-ring (bicyclic) bond motifs is 1. The largest absolute Gasteiger partial charge is 0.353 e. The highest BCUT2D eigenvalue weighted by Gasteiger charge is 2.20. The fourth-order valence-corrected chi connectivity index (χ4v) is 3.30. The van der Waals surface area contributed by atoms with Gasteiger partial charge in [-0.05, 0) is 18.2 Å². The van der Waals surface area contributed by atoms with E-state index >= 15 is 0 Å². The van der Waals surface area contributed by atoms with Crippen molar-refractivity contribution >= 4 is 28.3 Å². The Bertz CT molecular complexity index is 853. The minimum Gasteiger partial charge on any atom is -0.353 e. The zero-order valence-corrected chi connectivity index (χ0v) is 14.3. The van der Waals surface area contributed by atoms with Crippen LogP contribution in [-0.4, -0.2) is 50.6 Å². The van der Waals surface area contributed by atoms with Crippen LogP contribution in [0.2, 0.25) is 5.02 Å². The zero-order valence-electron chi connectivity index (χ0n) is 13.6. The smallest absolute Gasteiger partial charge is 0.139 e. The van der Waals surface area contributed by atoms with E-state index < -0.39 is 0 Å². The number of hydrogen-bond acceptors (Lipinski definition) is 5. The summed E-state index contributed by atoms with van der Waals surface area (Å²) in [5.74, 6) is 2.10. The molecule has 1 fully saturated rings. The summed E-state index contributed by atoms with van der Waals surface area (Å²) in [7, 11) is 2.04. The van der Waals surface area contributed by atoms with Gasteiger partial charge in [0, 0.05) is 56.0 Å². The Morgan fingerprint density at radius 2 is 1.92 bits per heavy atom. The molecule has 0 amide bonds. The van der Waals surface area contributed by atoms with Gasteiger partial charge in [0.05, 0.1) is 12.1 Å². The minimum atomic E-state index is 0.701. The maximum absolute atomic E-state index is 6.07. The van der Waals surface area contributed by atoms with Crippen LogP contribution in [0.4, 0.5) is 5.82 Å². The van der Waals surface area contributed by atoms with Gasteiger partial charge in [-0.2, -0.15) is 0 Å². The predicted molar refractivity (Wildman–Crippen MR) is 95.2 cm³/mol. The molecule has 4 rings (SSSR count). The number of halogens is 1. The standard InChI is InChI=1S/C17H19ClN6/c1-22-5-4-19-16(22)11-23-6-8-24(9-7-23)17-14-3-2-13(18)10-15(14)20-12-21-17/h2-5,10,12H,6-9,11H2,1H3. The summed E-state index contributed by atoms with van der Waals surface area (Å²) in [6.45, 7) is 4.76. The number of imidazole rings is 1. The van der Waals surface area contributed by atoms with E-state index in [9.17, 15) is 0 Å². The van der Waals surface area contributed by atoms with E-state index in [2.05, 4.69) is 29.3 Å². The topological polar surface area (TPSA) is 50.1 Å². The van der Waals surface area contributed by atoms with Gasteiger partial charge < -0.3 is 9.47 Å². The van der Waals surface area contributed by atoms with Crippen LogP contribution in [0, 0.1) is 0 Å². The maximum Gasteiger partial charge on any atom is 0.139 e. The SMILES string of the molecule is Cn1ccnc1CN1CCN(c2ncnc3cc(Cl)ccc23)CC1. The first-order valence-electron chi connectivity index (χ1n) is 8.04. The van der Waals surface area contributed by atoms with Gasteiger partial charge in [-0.1, -0.05) is 11.6 Å². The van der Waals surface area contributed by atoms with Gasteiger partial charge in [0.1, 0.15) is 18.0 Å². The third-order valence-electron chi connectivity index (χ3n) is 4.54. The molecule has 0 spiro atoms. The lowest BCUT2D eigenvalue weighted by atomic mass is 10.2. The number of anilines is 1. The van der Waals surface area contributed by atoms with Crippen molar-refractivity contribution in [1.29, 1.82) is 0 Å². The molecule has 0 bridgehead atoms. The molecule has 1 aliphatic heterocycles. The molecule has 124 valence electrons. The van der Waals surface area contributed by atoms with Gasteiger partial charge in [0.15, 0.2) is 0 Å². The van der Waals surface area contributed by atoms with Crippen LogP contribution in [0.25, 0.3) is 10.9 Å². The Balaban J connectivity index is 1.49. The van der Waals surface area contributed by atoms with E-state index in [4.69, 9.17) is 11.6 Å². The molecule has 1 saturated heterocycles. The van der Waals surface area contributed by atoms with E-state index in [1.54, 1.807) is 6.33 Å². The number of rotatable bonds is 3. The van der Waals surface area contributed by atoms with Crippen molar-refractivity contribution < 1.29 is 0 Å². The normalized spacial score (nSPS) is 16.0. The first-order chi connectivity index (χ1) is 11.7. The molecule has 24 heavy (non-hydrogen) atoms. The van der Waals surface area contributed by atoms with Crippen molar-refractivity contribution in [2.24, 2.45) is 7.05 Å². The molecule has 7 heteroatoms. The number of aryl methyl sites for hydroxylation is 1. The summed E-state index contributed by atoms with van der Waals surface area (Å²) >= 11 is 6.07. The fraction of sp³-hybridized carbons (Fsp3) is 0.353. The maximum atomic E-state index is 6.07. The fourth-order valence-electron chi connectivity index (χ4n) is 3.13. The van der Waals surface area contributed by atoms with Crippen LogP contribution in [0.3, 0.4) is 0 Å². The molecule has 6 nitrogen and oxygen atoms in total. The number of piperazine rings is 1. The van der Waals surface area contributed by atoms with Gasteiger partial charge >= 0.3 is 0 Å². The average Bonchev–Trinajstić information content (AvgIpc) is 3.00. The molecule has 0 N–H and O–H groups in total. The Morgan fingerprint density at radius 1 is 1.08 bits per heavy atom. The minimum absolute atomic E-state index is 0.701. The molecule has 0 unspecified atom stereocenters. The van der Waals surface area contributed by atoms with Crippen LogP contribution in [0.15, 0.2) is 36.9 Å². The monoisotopic (exact) mass is 342 g/mol. The van der Waals surface area contributed by atoms with Crippen molar-refractivity contribution in [2.45, 2.75) is 6.54 Å². The molecular weight excluding hydrogens is 324 g/mol. The van der Waals surface area contributed by atoms with Gasteiger partial charge in [0.2, 0.25) is 0 Å². The third-order valence-corrected chi connectivity index (χ3v) is 4.77. The second-order valence-corrected chi connectivity index (χ2v) is 6.51. The Labute approximate surface area is 145 Å². The van der Waals surface area contributed by atoms with Crippen molar-refractivity contribution in [3.63, 3.8) is 0 Å². The van der Waals surface area contributed by atoms with Crippen LogP contribution >= 0.6 is 11.6 Å². The van der Waals surface area contributed by atoms with Gasteiger partial charge in [-0.3, -0.25) is 4.90 Å². The van der Waals surface area contributed by atoms with E-state index in [0.717, 1.165) is 55.3 Å². The highest BCUT2D eigenvalue weighted by molar-refractivity contribution is 6.31. The molecule has 0 saturated carbocycles. The first kappa shape index (κ1) is 15.4. The molecule has 0 atom stereocenters. The second-order valence-electron chi connectivity index (χ2n) is 6.08. The van der Waals surface area contributed by atoms with E-state index in [1.165, 1.54) is 0 Å². The molecule has 3 heterocycles. The van der Waals surface area contributed by atoms with E-state index in [0.29, 0.717) is 5.02 Å². The second kappa shape index (κ2) is 6.37. The van der Waals surface area contributed by atoms with Gasteiger partial charge in [-0.15, -0.1) is 0 Å². The van der Waals surface area contributed by atoms with Crippen LogP contribution < -0.4 is 4.90 Å². The first-order valence-corrected chi connectivity index (χ1v) is 8.42. The summed E-state index contributed by atoms with van der Waals surface area (Å²) < 4.78 is 2.08. The van der Waals surface area contributed by atoms with Crippen LogP contribution in [-0.2, 0) is 13.6 Å². The van der Waals surface area contributed by atoms with Crippen molar-refractivity contribution in [3.8, 4) is 0 Å². The number of benzene rings is 1. The highest BCUT2D eigenvalue weighted by atomic mass is 35.5. The Morgan fingerprint density at radius 3 is 2.67 bits per heavy atom. The summed E-state index contributed by atoms with van der Waals surface area (Å²) in [4.78, 5) is 18.0. The molecule has 1 aliphatic rings. The van der Waals surface area contributed by atoms with Crippen LogP contribution in [0.5, 0.6) is 0 Å². The quantitative estimate of drug-likeness (QED) is 0.731. The lowest BCUT2D eigenvalue weighted by Crippen LogP contribution is -2.46. The Kier molecular flexibility index (Phi) is 4.08. The van der Waals surface area contributed by atoms with Crippen molar-refractivity contribution in [3.05, 3.63) is 47.8 Å². The van der Waals surface area contributed by atoms with Crippen LogP contribution in [0.1, 0.15) is 5.82 Å². The highest BCUT2D eigenvalue weighted by Crippen LogP contribution is 2.26. The zero-order chi connectivity index (χ0) is 16.5. The number of aromatic nitrogens is 4. The third kappa shape index (κ3) is 2.95. The summed E-state index contributed by atoms with van der Waals surface area (Å²) in [5, 5.41) is 1.76. The van der Waals surface area contributed by atoms with Crippen molar-refractivity contribution in [1.82, 2.24) is 24.4 Å². The molecule has 3 aromatic rings. The summed E-state index contributed by atoms with van der Waals surface area (Å²) in [5.41, 5.74) is 0.892. The lowest BCUT2D eigenvalue weighted by Gasteiger charge is -2.35. The lowest BCUT2D eigenvalue weighted by molar-refractivity contribution is 0.241. The van der Waals surface area contributed by atoms with E-state index in [1.807, 2.05) is 37.6 Å². The van der Waals surface area contributed by atoms with E-state index in [-0.39, 0.29) is 0 Å². The number of hydrogen-bond donors (Lipinski definition) is 0. The molecule has 1 aromatic carbocycles. The molecule has 0 aliphatic carbocycles. The average molecular weight is 343 g/mol. The van der Waals surface area contributed by atoms with Gasteiger partial charge in [0.25, 0.3) is 0 Å². The molecule has 2 aromatic heterocycles.